The number of hydrogen-bond donors (Lipinski definition) is 1. The molecule has 0 saturated heterocycles. The molecule has 0 amide bonds. The highest BCUT2D eigenvalue weighted by Crippen LogP contribution is 2.21. The van der Waals surface area contributed by atoms with Crippen LogP contribution in [-0.2, 0) is 0 Å². The normalized spacial score (nSPS) is 10.5. The van der Waals surface area contributed by atoms with Gasteiger partial charge in [0.15, 0.2) is 0 Å². The van der Waals surface area contributed by atoms with E-state index in [9.17, 15) is 4.79 Å². The maximum absolute atomic E-state index is 10.6. The Morgan fingerprint density at radius 2 is 2.15 bits per heavy atom. The van der Waals surface area contributed by atoms with E-state index in [4.69, 9.17) is 16.7 Å². The minimum absolute atomic E-state index is 0.0353. The van der Waals surface area contributed by atoms with Gasteiger partial charge in [-0.05, 0) is 18.1 Å². The van der Waals surface area contributed by atoms with Crippen LogP contribution in [0.5, 0.6) is 0 Å². The van der Waals surface area contributed by atoms with Crippen molar-refractivity contribution in [3.8, 4) is 0 Å². The van der Waals surface area contributed by atoms with Crippen LogP contribution in [0.2, 0.25) is 5.02 Å². The van der Waals surface area contributed by atoms with Gasteiger partial charge in [0.1, 0.15) is 5.69 Å². The zero-order valence-corrected chi connectivity index (χ0v) is 8.17. The summed E-state index contributed by atoms with van der Waals surface area (Å²) < 4.78 is 0. The predicted molar refractivity (Wildman–Crippen MR) is 50.3 cm³/mol. The van der Waals surface area contributed by atoms with Gasteiger partial charge in [0.25, 0.3) is 0 Å². The Bertz CT molecular complexity index is 336. The molecule has 13 heavy (non-hydrogen) atoms. The minimum atomic E-state index is -1.03. The SMILES string of the molecule is CC(C)c1nc(C(=O)O)ccc1Cl. The number of nitrogens with zero attached hydrogens (tertiary/aromatic N) is 1. The van der Waals surface area contributed by atoms with Crippen molar-refractivity contribution in [2.45, 2.75) is 19.8 Å². The number of carboxylic acid groups (broad SMARTS) is 1. The van der Waals surface area contributed by atoms with Crippen molar-refractivity contribution in [1.82, 2.24) is 4.98 Å². The van der Waals surface area contributed by atoms with Crippen molar-refractivity contribution in [1.29, 1.82) is 0 Å². The average Bonchev–Trinajstić information content (AvgIpc) is 2.04. The molecule has 0 aliphatic rings. The highest BCUT2D eigenvalue weighted by atomic mass is 35.5. The fraction of sp³-hybridized carbons (Fsp3) is 0.333. The summed E-state index contributed by atoms with van der Waals surface area (Å²) >= 11 is 5.84. The van der Waals surface area contributed by atoms with E-state index in [0.717, 1.165) is 0 Å². The molecule has 0 atom stereocenters. The zero-order valence-electron chi connectivity index (χ0n) is 7.41. The molecule has 0 fully saturated rings. The summed E-state index contributed by atoms with van der Waals surface area (Å²) in [5.74, 6) is -0.898. The predicted octanol–water partition coefficient (Wildman–Crippen LogP) is 2.56. The number of aromatic nitrogens is 1. The molecule has 0 radical (unpaired) electrons. The first-order valence-electron chi connectivity index (χ1n) is 3.92. The molecule has 1 aromatic rings. The number of carbonyl (C=O) groups is 1. The summed E-state index contributed by atoms with van der Waals surface area (Å²) in [5.41, 5.74) is 0.662. The average molecular weight is 200 g/mol. The maximum atomic E-state index is 10.6. The van der Waals surface area contributed by atoms with Gasteiger partial charge in [0, 0.05) is 0 Å². The van der Waals surface area contributed by atoms with Gasteiger partial charge in [-0.3, -0.25) is 0 Å². The molecule has 0 saturated carbocycles. The number of carboxylic acids is 1. The molecule has 1 rings (SSSR count). The van der Waals surface area contributed by atoms with Crippen LogP contribution in [0.1, 0.15) is 35.9 Å². The van der Waals surface area contributed by atoms with Gasteiger partial charge in [-0.2, -0.15) is 0 Å². The lowest BCUT2D eigenvalue weighted by molar-refractivity contribution is 0.0690. The third-order valence-corrected chi connectivity index (χ3v) is 1.96. The van der Waals surface area contributed by atoms with Crippen molar-refractivity contribution in [3.63, 3.8) is 0 Å². The summed E-state index contributed by atoms with van der Waals surface area (Å²) in [6.45, 7) is 3.83. The molecule has 0 aliphatic carbocycles. The van der Waals surface area contributed by atoms with Crippen molar-refractivity contribution in [3.05, 3.63) is 28.5 Å². The molecule has 0 aliphatic heterocycles. The van der Waals surface area contributed by atoms with E-state index >= 15 is 0 Å². The molecular formula is C9H10ClNO2. The van der Waals surface area contributed by atoms with Crippen LogP contribution in [0.4, 0.5) is 0 Å². The Morgan fingerprint density at radius 3 is 2.62 bits per heavy atom. The largest absolute Gasteiger partial charge is 0.477 e. The summed E-state index contributed by atoms with van der Waals surface area (Å²) in [6, 6.07) is 2.96. The third kappa shape index (κ3) is 2.18. The quantitative estimate of drug-likeness (QED) is 0.797. The van der Waals surface area contributed by atoms with E-state index < -0.39 is 5.97 Å². The summed E-state index contributed by atoms with van der Waals surface area (Å²) in [7, 11) is 0. The first-order chi connectivity index (χ1) is 6.02. The van der Waals surface area contributed by atoms with Crippen molar-refractivity contribution in [2.75, 3.05) is 0 Å². The van der Waals surface area contributed by atoms with Crippen LogP contribution in [0.15, 0.2) is 12.1 Å². The van der Waals surface area contributed by atoms with Crippen molar-refractivity contribution in [2.24, 2.45) is 0 Å². The lowest BCUT2D eigenvalue weighted by Gasteiger charge is -2.06. The smallest absolute Gasteiger partial charge is 0.354 e. The second kappa shape index (κ2) is 3.75. The van der Waals surface area contributed by atoms with Gasteiger partial charge in [-0.1, -0.05) is 25.4 Å². The molecule has 0 bridgehead atoms. The molecule has 1 heterocycles. The van der Waals surface area contributed by atoms with Gasteiger partial charge >= 0.3 is 5.97 Å². The molecule has 1 aromatic heterocycles. The van der Waals surface area contributed by atoms with Crippen LogP contribution in [0.3, 0.4) is 0 Å². The van der Waals surface area contributed by atoms with E-state index in [0.29, 0.717) is 10.7 Å². The molecule has 0 unspecified atom stereocenters. The number of aromatic carboxylic acids is 1. The highest BCUT2D eigenvalue weighted by Gasteiger charge is 2.11. The Morgan fingerprint density at radius 1 is 1.54 bits per heavy atom. The first-order valence-corrected chi connectivity index (χ1v) is 4.30. The first kappa shape index (κ1) is 9.99. The van der Waals surface area contributed by atoms with E-state index in [-0.39, 0.29) is 11.6 Å². The fourth-order valence-electron chi connectivity index (χ4n) is 0.982. The van der Waals surface area contributed by atoms with Crippen LogP contribution in [-0.4, -0.2) is 16.1 Å². The van der Waals surface area contributed by atoms with E-state index in [2.05, 4.69) is 4.98 Å². The molecule has 3 nitrogen and oxygen atoms in total. The van der Waals surface area contributed by atoms with E-state index in [1.54, 1.807) is 6.07 Å². The van der Waals surface area contributed by atoms with Gasteiger partial charge in [0.2, 0.25) is 0 Å². The molecule has 70 valence electrons. The number of halogens is 1. The lowest BCUT2D eigenvalue weighted by Crippen LogP contribution is -2.04. The second-order valence-corrected chi connectivity index (χ2v) is 3.43. The summed E-state index contributed by atoms with van der Waals surface area (Å²) in [6.07, 6.45) is 0. The standard InChI is InChI=1S/C9H10ClNO2/c1-5(2)8-6(10)3-4-7(11-8)9(12)13/h3-5H,1-2H3,(H,12,13). The number of pyridine rings is 1. The minimum Gasteiger partial charge on any atom is -0.477 e. The van der Waals surface area contributed by atoms with Gasteiger partial charge in [0.05, 0.1) is 10.7 Å². The Labute approximate surface area is 81.4 Å². The van der Waals surface area contributed by atoms with Crippen LogP contribution in [0, 0.1) is 0 Å². The second-order valence-electron chi connectivity index (χ2n) is 3.02. The molecule has 4 heteroatoms. The van der Waals surface area contributed by atoms with Gasteiger partial charge < -0.3 is 5.11 Å². The van der Waals surface area contributed by atoms with Crippen molar-refractivity contribution < 1.29 is 9.90 Å². The Kier molecular flexibility index (Phi) is 2.88. The number of rotatable bonds is 2. The molecule has 1 N–H and O–H groups in total. The van der Waals surface area contributed by atoms with Crippen LogP contribution >= 0.6 is 11.6 Å². The Hall–Kier alpha value is -1.09. The Balaban J connectivity index is 3.19. The highest BCUT2D eigenvalue weighted by molar-refractivity contribution is 6.31. The molecule has 0 aromatic carbocycles. The van der Waals surface area contributed by atoms with Crippen LogP contribution in [0.25, 0.3) is 0 Å². The molecular weight excluding hydrogens is 190 g/mol. The zero-order chi connectivity index (χ0) is 10.0. The topological polar surface area (TPSA) is 50.2 Å². The van der Waals surface area contributed by atoms with Crippen molar-refractivity contribution >= 4 is 17.6 Å². The van der Waals surface area contributed by atoms with Gasteiger partial charge in [-0.25, -0.2) is 9.78 Å². The van der Waals surface area contributed by atoms with E-state index in [1.807, 2.05) is 13.8 Å². The number of hydrogen-bond acceptors (Lipinski definition) is 2. The fourth-order valence-corrected chi connectivity index (χ4v) is 1.31. The summed E-state index contributed by atoms with van der Waals surface area (Å²) in [4.78, 5) is 14.5. The molecule has 0 spiro atoms. The third-order valence-electron chi connectivity index (χ3n) is 1.64. The monoisotopic (exact) mass is 199 g/mol. The van der Waals surface area contributed by atoms with Crippen LogP contribution < -0.4 is 0 Å². The maximum Gasteiger partial charge on any atom is 0.354 e. The van der Waals surface area contributed by atoms with Gasteiger partial charge in [-0.15, -0.1) is 0 Å². The summed E-state index contributed by atoms with van der Waals surface area (Å²) in [5, 5.41) is 9.19. The van der Waals surface area contributed by atoms with E-state index in [1.165, 1.54) is 6.07 Å². The lowest BCUT2D eigenvalue weighted by atomic mass is 10.1.